The third-order valence-corrected chi connectivity index (χ3v) is 3.66. The minimum Gasteiger partial charge on any atom is -0.361 e. The maximum absolute atomic E-state index is 11.9. The van der Waals surface area contributed by atoms with E-state index in [0.29, 0.717) is 19.0 Å². The summed E-state index contributed by atoms with van der Waals surface area (Å²) >= 11 is 0. The molecule has 1 atom stereocenters. The molecule has 0 saturated carbocycles. The second-order valence-electron chi connectivity index (χ2n) is 5.01. The largest absolute Gasteiger partial charge is 0.361 e. The molecule has 1 saturated heterocycles. The Bertz CT molecular complexity index is 407. The lowest BCUT2D eigenvalue weighted by Gasteiger charge is -2.10. The lowest BCUT2D eigenvalue weighted by atomic mass is 10.1. The predicted octanol–water partition coefficient (Wildman–Crippen LogP) is 1.98. The van der Waals surface area contributed by atoms with Crippen molar-refractivity contribution in [2.24, 2.45) is 0 Å². The number of aromatic nitrogens is 1. The van der Waals surface area contributed by atoms with Crippen molar-refractivity contribution in [3.8, 4) is 0 Å². The van der Waals surface area contributed by atoms with E-state index < -0.39 is 0 Å². The molecule has 20 heavy (non-hydrogen) atoms. The van der Waals surface area contributed by atoms with Crippen LogP contribution < -0.4 is 10.6 Å². The van der Waals surface area contributed by atoms with Crippen LogP contribution in [0.4, 0.5) is 0 Å². The van der Waals surface area contributed by atoms with Crippen molar-refractivity contribution in [1.29, 1.82) is 0 Å². The van der Waals surface area contributed by atoms with Gasteiger partial charge < -0.3 is 15.2 Å². The summed E-state index contributed by atoms with van der Waals surface area (Å²) in [5.41, 5.74) is 2.01. The third kappa shape index (κ3) is 4.21. The summed E-state index contributed by atoms with van der Waals surface area (Å²) in [6.07, 6.45) is 4.47. The van der Waals surface area contributed by atoms with Gasteiger partial charge in [0.1, 0.15) is 5.76 Å². The summed E-state index contributed by atoms with van der Waals surface area (Å²) in [7, 11) is 0. The van der Waals surface area contributed by atoms with Gasteiger partial charge in [0.2, 0.25) is 5.91 Å². The molecule has 1 unspecified atom stereocenters. The highest BCUT2D eigenvalue weighted by atomic mass is 35.5. The Hall–Kier alpha value is -1.07. The smallest absolute Gasteiger partial charge is 0.221 e. The fourth-order valence-corrected chi connectivity index (χ4v) is 2.55. The minimum absolute atomic E-state index is 0. The number of hydrogen-bond acceptors (Lipinski definition) is 4. The van der Waals surface area contributed by atoms with Gasteiger partial charge in [-0.15, -0.1) is 12.4 Å². The van der Waals surface area contributed by atoms with Crippen LogP contribution in [0.1, 0.15) is 50.1 Å². The Labute approximate surface area is 126 Å². The van der Waals surface area contributed by atoms with Crippen molar-refractivity contribution in [1.82, 2.24) is 15.8 Å². The van der Waals surface area contributed by atoms with Gasteiger partial charge in [0.05, 0.1) is 5.69 Å². The molecule has 2 rings (SSSR count). The molecule has 0 aromatic carbocycles. The number of carbonyl (C=O) groups is 1. The van der Waals surface area contributed by atoms with Crippen LogP contribution in [0.3, 0.4) is 0 Å². The number of rotatable bonds is 6. The zero-order valence-corrected chi connectivity index (χ0v) is 13.0. The molecule has 114 valence electrons. The number of nitrogens with one attached hydrogen (secondary N) is 2. The number of nitrogens with zero attached hydrogens (tertiary/aromatic N) is 1. The fourth-order valence-electron chi connectivity index (χ4n) is 2.55. The van der Waals surface area contributed by atoms with Crippen LogP contribution in [0.25, 0.3) is 0 Å². The highest BCUT2D eigenvalue weighted by Gasteiger charge is 2.19. The first kappa shape index (κ1) is 17.0. The molecule has 5 nitrogen and oxygen atoms in total. The van der Waals surface area contributed by atoms with Crippen molar-refractivity contribution in [3.05, 3.63) is 17.0 Å². The molecular weight excluding hydrogens is 278 g/mol. The molecule has 1 amide bonds. The lowest BCUT2D eigenvalue weighted by molar-refractivity contribution is -0.121. The second-order valence-corrected chi connectivity index (χ2v) is 5.01. The van der Waals surface area contributed by atoms with Gasteiger partial charge in [-0.3, -0.25) is 4.79 Å². The minimum atomic E-state index is 0. The van der Waals surface area contributed by atoms with E-state index in [0.717, 1.165) is 42.8 Å². The zero-order valence-electron chi connectivity index (χ0n) is 12.2. The maximum atomic E-state index is 11.9. The molecule has 1 fully saturated rings. The molecule has 2 N–H and O–H groups in total. The maximum Gasteiger partial charge on any atom is 0.221 e. The summed E-state index contributed by atoms with van der Waals surface area (Å²) in [6, 6.07) is 0.346. The number of carbonyl (C=O) groups excluding carboxylic acids is 1. The normalized spacial score (nSPS) is 17.8. The lowest BCUT2D eigenvalue weighted by Crippen LogP contribution is -2.31. The van der Waals surface area contributed by atoms with Gasteiger partial charge >= 0.3 is 0 Å². The van der Waals surface area contributed by atoms with Crippen molar-refractivity contribution in [2.45, 2.75) is 58.5 Å². The van der Waals surface area contributed by atoms with Gasteiger partial charge in [-0.05, 0) is 25.8 Å². The van der Waals surface area contributed by atoms with Gasteiger partial charge in [0.15, 0.2) is 0 Å². The van der Waals surface area contributed by atoms with Crippen molar-refractivity contribution < 1.29 is 9.32 Å². The topological polar surface area (TPSA) is 67.2 Å². The van der Waals surface area contributed by atoms with Crippen LogP contribution in [0.5, 0.6) is 0 Å². The zero-order chi connectivity index (χ0) is 13.7. The highest BCUT2D eigenvalue weighted by molar-refractivity contribution is 5.85. The SMILES string of the molecule is CCc1noc(CC)c1CNC(=O)CC1CCCN1.Cl. The summed E-state index contributed by atoms with van der Waals surface area (Å²) < 4.78 is 5.29. The molecule has 0 aliphatic carbocycles. The second kappa shape index (κ2) is 8.27. The third-order valence-electron chi connectivity index (χ3n) is 3.66. The molecule has 0 spiro atoms. The van der Waals surface area contributed by atoms with Gasteiger partial charge in [-0.25, -0.2) is 0 Å². The summed E-state index contributed by atoms with van der Waals surface area (Å²) in [5.74, 6) is 0.987. The number of hydrogen-bond donors (Lipinski definition) is 2. The molecule has 1 aliphatic heterocycles. The summed E-state index contributed by atoms with van der Waals surface area (Å²) in [4.78, 5) is 11.9. The van der Waals surface area contributed by atoms with Gasteiger partial charge in [0.25, 0.3) is 0 Å². The molecule has 1 aliphatic rings. The van der Waals surface area contributed by atoms with E-state index in [-0.39, 0.29) is 18.3 Å². The van der Waals surface area contributed by atoms with Crippen LogP contribution in [0.2, 0.25) is 0 Å². The summed E-state index contributed by atoms with van der Waals surface area (Å²) in [5, 5.41) is 10.4. The molecule has 2 heterocycles. The van der Waals surface area contributed by atoms with E-state index >= 15 is 0 Å². The highest BCUT2D eigenvalue weighted by Crippen LogP contribution is 2.15. The molecular formula is C14H24ClN3O2. The van der Waals surface area contributed by atoms with E-state index in [1.165, 1.54) is 6.42 Å². The molecule has 1 aromatic rings. The van der Waals surface area contributed by atoms with Crippen molar-refractivity contribution in [3.63, 3.8) is 0 Å². The van der Waals surface area contributed by atoms with Crippen molar-refractivity contribution in [2.75, 3.05) is 6.54 Å². The van der Waals surface area contributed by atoms with Crippen LogP contribution >= 0.6 is 12.4 Å². The first-order valence-electron chi connectivity index (χ1n) is 7.21. The average Bonchev–Trinajstić information content (AvgIpc) is 3.04. The molecule has 1 aromatic heterocycles. The van der Waals surface area contributed by atoms with Crippen LogP contribution in [0.15, 0.2) is 4.52 Å². The molecule has 6 heteroatoms. The van der Waals surface area contributed by atoms with Gasteiger partial charge in [-0.2, -0.15) is 0 Å². The Morgan fingerprint density at radius 2 is 2.25 bits per heavy atom. The van der Waals surface area contributed by atoms with E-state index in [2.05, 4.69) is 15.8 Å². The Morgan fingerprint density at radius 1 is 1.45 bits per heavy atom. The Kier molecular flexibility index (Phi) is 7.02. The van der Waals surface area contributed by atoms with Gasteiger partial charge in [-0.1, -0.05) is 19.0 Å². The predicted molar refractivity (Wildman–Crippen MR) is 80.0 cm³/mol. The fraction of sp³-hybridized carbons (Fsp3) is 0.714. The van der Waals surface area contributed by atoms with E-state index in [4.69, 9.17) is 4.52 Å². The summed E-state index contributed by atoms with van der Waals surface area (Å²) in [6.45, 7) is 5.64. The van der Waals surface area contributed by atoms with E-state index in [9.17, 15) is 4.79 Å². The standard InChI is InChI=1S/C14H23N3O2.ClH/c1-3-12-11(13(4-2)19-17-12)9-16-14(18)8-10-6-5-7-15-10;/h10,15H,3-9H2,1-2H3,(H,16,18);1H. The van der Waals surface area contributed by atoms with E-state index in [1.54, 1.807) is 0 Å². The Balaban J connectivity index is 0.00000200. The number of aryl methyl sites for hydroxylation is 2. The molecule has 0 radical (unpaired) electrons. The molecule has 0 bridgehead atoms. The first-order valence-corrected chi connectivity index (χ1v) is 7.21. The van der Waals surface area contributed by atoms with Gasteiger partial charge in [0, 0.05) is 31.0 Å². The number of halogens is 1. The number of amides is 1. The van der Waals surface area contributed by atoms with Crippen LogP contribution in [-0.4, -0.2) is 23.7 Å². The monoisotopic (exact) mass is 301 g/mol. The average molecular weight is 302 g/mol. The quantitative estimate of drug-likeness (QED) is 0.843. The Morgan fingerprint density at radius 3 is 2.85 bits per heavy atom. The van der Waals surface area contributed by atoms with Crippen molar-refractivity contribution >= 4 is 18.3 Å². The first-order chi connectivity index (χ1) is 9.24. The van der Waals surface area contributed by atoms with Crippen LogP contribution in [0, 0.1) is 0 Å². The van der Waals surface area contributed by atoms with E-state index in [1.807, 2.05) is 13.8 Å². The van der Waals surface area contributed by atoms with Crippen LogP contribution in [-0.2, 0) is 24.2 Å².